The summed E-state index contributed by atoms with van der Waals surface area (Å²) in [4.78, 5) is 11.8. The monoisotopic (exact) mass is 464 g/mol. The molecule has 0 unspecified atom stereocenters. The number of rotatable bonds is 18. The van der Waals surface area contributed by atoms with Gasteiger partial charge in [-0.1, -0.05) is 131 Å². The summed E-state index contributed by atoms with van der Waals surface area (Å²) >= 11 is 3.46. The molecule has 0 saturated heterocycles. The minimum Gasteiger partial charge on any atom is -0.273 e. The third-order valence-electron chi connectivity index (χ3n) is 5.31. The molecule has 0 aliphatic heterocycles. The van der Waals surface area contributed by atoms with Crippen LogP contribution in [-0.2, 0) is 4.79 Å². The fourth-order valence-electron chi connectivity index (χ4n) is 3.47. The van der Waals surface area contributed by atoms with Crippen molar-refractivity contribution in [3.63, 3.8) is 0 Å². The van der Waals surface area contributed by atoms with Gasteiger partial charge in [-0.2, -0.15) is 5.10 Å². The quantitative estimate of drug-likeness (QED) is 0.133. The number of unbranched alkanes of at least 4 members (excludes halogenated alkanes) is 14. The van der Waals surface area contributed by atoms with E-state index in [1.807, 2.05) is 24.3 Å². The number of hydrogen-bond acceptors (Lipinski definition) is 2. The molecule has 0 heterocycles. The molecule has 1 N–H and O–H groups in total. The van der Waals surface area contributed by atoms with Gasteiger partial charge in [-0.15, -0.1) is 0 Å². The molecule has 0 spiro atoms. The number of halogens is 1. The molecule has 1 rings (SSSR count). The Labute approximate surface area is 187 Å². The van der Waals surface area contributed by atoms with Crippen molar-refractivity contribution in [2.75, 3.05) is 0 Å². The topological polar surface area (TPSA) is 41.5 Å². The minimum absolute atomic E-state index is 0.00278. The maximum atomic E-state index is 11.8. The highest BCUT2D eigenvalue weighted by atomic mass is 79.9. The first-order valence-corrected chi connectivity index (χ1v) is 12.6. The molecule has 164 valence electrons. The van der Waals surface area contributed by atoms with E-state index in [1.54, 1.807) is 6.21 Å². The molecule has 1 aromatic rings. The molecule has 29 heavy (non-hydrogen) atoms. The molecule has 1 amide bonds. The Balaban J connectivity index is 1.85. The Morgan fingerprint density at radius 3 is 1.83 bits per heavy atom. The van der Waals surface area contributed by atoms with Crippen molar-refractivity contribution < 1.29 is 4.79 Å². The first kappa shape index (κ1) is 25.9. The van der Waals surface area contributed by atoms with Gasteiger partial charge in [-0.25, -0.2) is 5.43 Å². The van der Waals surface area contributed by atoms with E-state index in [9.17, 15) is 4.79 Å². The number of benzene rings is 1. The van der Waals surface area contributed by atoms with E-state index in [0.717, 1.165) is 22.9 Å². The van der Waals surface area contributed by atoms with Gasteiger partial charge in [0.05, 0.1) is 6.21 Å². The normalized spacial score (nSPS) is 11.2. The van der Waals surface area contributed by atoms with Crippen molar-refractivity contribution in [3.8, 4) is 0 Å². The average Bonchev–Trinajstić information content (AvgIpc) is 2.72. The molecule has 0 aliphatic rings. The van der Waals surface area contributed by atoms with E-state index >= 15 is 0 Å². The second-order valence-electron chi connectivity index (χ2n) is 8.01. The standard InChI is InChI=1S/C25H41BrN2O/c1-2-3-4-5-6-7-8-9-10-11-12-13-14-15-16-21-25(29)28-27-22-23-19-17-18-20-24(23)26/h17-20,22H,2-16,21H2,1H3,(H,28,29)/b27-22+. The number of hydrazone groups is 1. The molecule has 3 nitrogen and oxygen atoms in total. The number of amides is 1. The second-order valence-corrected chi connectivity index (χ2v) is 8.87. The molecule has 0 fully saturated rings. The predicted molar refractivity (Wildman–Crippen MR) is 129 cm³/mol. The molecule has 0 aliphatic carbocycles. The van der Waals surface area contributed by atoms with Gasteiger partial charge in [-0.05, 0) is 12.5 Å². The minimum atomic E-state index is 0.00278. The Kier molecular flexibility index (Phi) is 16.8. The van der Waals surface area contributed by atoms with E-state index in [2.05, 4.69) is 33.4 Å². The van der Waals surface area contributed by atoms with Crippen LogP contribution < -0.4 is 5.43 Å². The van der Waals surface area contributed by atoms with Gasteiger partial charge >= 0.3 is 0 Å². The average molecular weight is 466 g/mol. The first-order chi connectivity index (χ1) is 14.2. The Hall–Kier alpha value is -1.16. The highest BCUT2D eigenvalue weighted by molar-refractivity contribution is 9.10. The lowest BCUT2D eigenvalue weighted by Crippen LogP contribution is -2.16. The predicted octanol–water partition coefficient (Wildman–Crippen LogP) is 8.16. The van der Waals surface area contributed by atoms with Gasteiger partial charge < -0.3 is 0 Å². The van der Waals surface area contributed by atoms with Crippen LogP contribution in [0.15, 0.2) is 33.8 Å². The Bertz CT molecular complexity index is 560. The third-order valence-corrected chi connectivity index (χ3v) is 6.03. The molecule has 0 saturated carbocycles. The highest BCUT2D eigenvalue weighted by Gasteiger charge is 2.00. The molecular formula is C25H41BrN2O. The lowest BCUT2D eigenvalue weighted by Gasteiger charge is -2.03. The summed E-state index contributed by atoms with van der Waals surface area (Å²) in [5.41, 5.74) is 3.58. The molecule has 4 heteroatoms. The lowest BCUT2D eigenvalue weighted by molar-refractivity contribution is -0.121. The Morgan fingerprint density at radius 2 is 1.31 bits per heavy atom. The second kappa shape index (κ2) is 18.8. The SMILES string of the molecule is CCCCCCCCCCCCCCCCCC(=O)N/N=C/c1ccccc1Br. The molecule has 0 atom stereocenters. The summed E-state index contributed by atoms with van der Waals surface area (Å²) in [6.45, 7) is 2.28. The van der Waals surface area contributed by atoms with E-state index in [4.69, 9.17) is 0 Å². The molecule has 0 radical (unpaired) electrons. The fraction of sp³-hybridized carbons (Fsp3) is 0.680. The molecule has 0 aromatic heterocycles. The molecular weight excluding hydrogens is 424 g/mol. The maximum Gasteiger partial charge on any atom is 0.240 e. The van der Waals surface area contributed by atoms with E-state index in [1.165, 1.54) is 83.5 Å². The fourth-order valence-corrected chi connectivity index (χ4v) is 3.85. The zero-order valence-electron chi connectivity index (χ0n) is 18.4. The summed E-state index contributed by atoms with van der Waals surface area (Å²) in [7, 11) is 0. The third kappa shape index (κ3) is 15.4. The maximum absolute atomic E-state index is 11.8. The summed E-state index contributed by atoms with van der Waals surface area (Å²) in [6.07, 6.45) is 22.3. The van der Waals surface area contributed by atoms with Crippen LogP contribution in [0.3, 0.4) is 0 Å². The summed E-state index contributed by atoms with van der Waals surface area (Å²) in [5.74, 6) is 0.00278. The van der Waals surface area contributed by atoms with Gasteiger partial charge in [0, 0.05) is 16.5 Å². The van der Waals surface area contributed by atoms with Crippen LogP contribution in [0, 0.1) is 0 Å². The molecule has 0 bridgehead atoms. The number of carbonyl (C=O) groups is 1. The van der Waals surface area contributed by atoms with E-state index < -0.39 is 0 Å². The molecule has 1 aromatic carbocycles. The van der Waals surface area contributed by atoms with Crippen LogP contribution in [0.25, 0.3) is 0 Å². The van der Waals surface area contributed by atoms with E-state index in [-0.39, 0.29) is 5.91 Å². The van der Waals surface area contributed by atoms with Gasteiger partial charge in [0.15, 0.2) is 0 Å². The zero-order valence-corrected chi connectivity index (χ0v) is 20.0. The summed E-state index contributed by atoms with van der Waals surface area (Å²) < 4.78 is 0.973. The largest absolute Gasteiger partial charge is 0.273 e. The number of carbonyl (C=O) groups excluding carboxylic acids is 1. The van der Waals surface area contributed by atoms with Crippen LogP contribution in [0.4, 0.5) is 0 Å². The zero-order chi connectivity index (χ0) is 21.0. The van der Waals surface area contributed by atoms with Crippen molar-refractivity contribution >= 4 is 28.1 Å². The number of nitrogens with zero attached hydrogens (tertiary/aromatic N) is 1. The van der Waals surface area contributed by atoms with Gasteiger partial charge in [-0.3, -0.25) is 4.79 Å². The van der Waals surface area contributed by atoms with Crippen LogP contribution in [-0.4, -0.2) is 12.1 Å². The van der Waals surface area contributed by atoms with Crippen molar-refractivity contribution in [2.45, 2.75) is 110 Å². The smallest absolute Gasteiger partial charge is 0.240 e. The van der Waals surface area contributed by atoms with Crippen molar-refractivity contribution in [1.29, 1.82) is 0 Å². The van der Waals surface area contributed by atoms with Crippen molar-refractivity contribution in [1.82, 2.24) is 5.43 Å². The summed E-state index contributed by atoms with van der Waals surface area (Å²) in [6, 6.07) is 7.81. The van der Waals surface area contributed by atoms with Gasteiger partial charge in [0.25, 0.3) is 0 Å². The first-order valence-electron chi connectivity index (χ1n) is 11.8. The van der Waals surface area contributed by atoms with Crippen molar-refractivity contribution in [2.24, 2.45) is 5.10 Å². The number of hydrogen-bond donors (Lipinski definition) is 1. The Morgan fingerprint density at radius 1 is 0.828 bits per heavy atom. The van der Waals surface area contributed by atoms with Crippen LogP contribution in [0.2, 0.25) is 0 Å². The van der Waals surface area contributed by atoms with Crippen molar-refractivity contribution in [3.05, 3.63) is 34.3 Å². The lowest BCUT2D eigenvalue weighted by atomic mass is 10.0. The van der Waals surface area contributed by atoms with Crippen LogP contribution in [0.5, 0.6) is 0 Å². The van der Waals surface area contributed by atoms with Gasteiger partial charge in [0.2, 0.25) is 5.91 Å². The van der Waals surface area contributed by atoms with E-state index in [0.29, 0.717) is 6.42 Å². The van der Waals surface area contributed by atoms with Crippen LogP contribution in [0.1, 0.15) is 115 Å². The van der Waals surface area contributed by atoms with Gasteiger partial charge in [0.1, 0.15) is 0 Å². The summed E-state index contributed by atoms with van der Waals surface area (Å²) in [5, 5.41) is 4.04. The highest BCUT2D eigenvalue weighted by Crippen LogP contribution is 2.14. The van der Waals surface area contributed by atoms with Crippen LogP contribution >= 0.6 is 15.9 Å². The number of nitrogens with one attached hydrogen (secondary N) is 1.